The average molecular weight is 458 g/mol. The van der Waals surface area contributed by atoms with Gasteiger partial charge in [-0.2, -0.15) is 0 Å². The summed E-state index contributed by atoms with van der Waals surface area (Å²) < 4.78 is 1.05. The fourth-order valence-corrected chi connectivity index (χ4v) is 3.83. The molecule has 0 aromatic heterocycles. The van der Waals surface area contributed by atoms with E-state index in [1.165, 1.54) is 25.7 Å². The van der Waals surface area contributed by atoms with Crippen molar-refractivity contribution in [2.45, 2.75) is 39.5 Å². The van der Waals surface area contributed by atoms with E-state index in [-0.39, 0.29) is 0 Å². The average Bonchev–Trinajstić information content (AvgIpc) is 2.99. The SMILES string of the molecule is CCCCN(CCCC)CN1CCN(C(=S)Nc2ccc(Br)cc2)C1=S. The molecule has 1 fully saturated rings. The van der Waals surface area contributed by atoms with Crippen molar-refractivity contribution in [2.24, 2.45) is 0 Å². The number of halogens is 1. The topological polar surface area (TPSA) is 21.8 Å². The lowest BCUT2D eigenvalue weighted by Gasteiger charge is -2.29. The molecule has 1 heterocycles. The van der Waals surface area contributed by atoms with Gasteiger partial charge in [0.25, 0.3) is 0 Å². The molecule has 0 saturated carbocycles. The Morgan fingerprint density at radius 1 is 1.12 bits per heavy atom. The largest absolute Gasteiger partial charge is 0.334 e. The lowest BCUT2D eigenvalue weighted by Crippen LogP contribution is -2.43. The summed E-state index contributed by atoms with van der Waals surface area (Å²) in [5, 5.41) is 4.80. The Hall–Kier alpha value is -0.760. The Labute approximate surface area is 177 Å². The summed E-state index contributed by atoms with van der Waals surface area (Å²) in [6.07, 6.45) is 4.91. The predicted octanol–water partition coefficient (Wildman–Crippen LogP) is 4.91. The van der Waals surface area contributed by atoms with Crippen molar-refractivity contribution in [1.29, 1.82) is 0 Å². The van der Waals surface area contributed by atoms with Crippen molar-refractivity contribution in [3.8, 4) is 0 Å². The van der Waals surface area contributed by atoms with Crippen molar-refractivity contribution >= 4 is 56.3 Å². The van der Waals surface area contributed by atoms with Crippen LogP contribution in [0.5, 0.6) is 0 Å². The molecule has 0 spiro atoms. The number of rotatable bonds is 9. The number of anilines is 1. The number of nitrogens with one attached hydrogen (secondary N) is 1. The van der Waals surface area contributed by atoms with Crippen LogP contribution in [0, 0.1) is 0 Å². The second-order valence-electron chi connectivity index (χ2n) is 6.60. The lowest BCUT2D eigenvalue weighted by atomic mass is 10.3. The van der Waals surface area contributed by atoms with Crippen LogP contribution in [0.15, 0.2) is 28.7 Å². The molecule has 0 unspecified atom stereocenters. The Kier molecular flexibility index (Phi) is 9.25. The van der Waals surface area contributed by atoms with Crippen molar-refractivity contribution < 1.29 is 0 Å². The van der Waals surface area contributed by atoms with E-state index in [1.807, 2.05) is 29.2 Å². The minimum atomic E-state index is 0.675. The fraction of sp³-hybridized carbons (Fsp3) is 0.579. The maximum absolute atomic E-state index is 5.71. The number of hydrogen-bond donors (Lipinski definition) is 1. The molecule has 4 nitrogen and oxygen atoms in total. The minimum absolute atomic E-state index is 0.675. The molecule has 1 saturated heterocycles. The van der Waals surface area contributed by atoms with E-state index in [1.54, 1.807) is 0 Å². The first-order valence-corrected chi connectivity index (χ1v) is 11.0. The van der Waals surface area contributed by atoms with E-state index in [2.05, 4.69) is 44.9 Å². The maximum atomic E-state index is 5.71. The molecular formula is C19H29BrN4S2. The van der Waals surface area contributed by atoms with Gasteiger partial charge in [0.2, 0.25) is 0 Å². The summed E-state index contributed by atoms with van der Waals surface area (Å²) in [7, 11) is 0. The third-order valence-corrected chi connectivity index (χ3v) is 5.79. The smallest absolute Gasteiger partial charge is 0.179 e. The monoisotopic (exact) mass is 456 g/mol. The summed E-state index contributed by atoms with van der Waals surface area (Å²) >= 11 is 14.7. The minimum Gasteiger partial charge on any atom is -0.334 e. The quantitative estimate of drug-likeness (QED) is 0.529. The molecule has 0 radical (unpaired) electrons. The van der Waals surface area contributed by atoms with Crippen LogP contribution in [-0.2, 0) is 0 Å². The molecule has 1 aliphatic heterocycles. The number of unbranched alkanes of at least 4 members (excludes halogenated alkanes) is 2. The molecule has 0 bridgehead atoms. The molecule has 0 aliphatic carbocycles. The Balaban J connectivity index is 1.90. The zero-order valence-corrected chi connectivity index (χ0v) is 18.9. The van der Waals surface area contributed by atoms with Crippen LogP contribution in [0.3, 0.4) is 0 Å². The highest BCUT2D eigenvalue weighted by Gasteiger charge is 2.28. The molecule has 1 N–H and O–H groups in total. The van der Waals surface area contributed by atoms with Gasteiger partial charge >= 0.3 is 0 Å². The van der Waals surface area contributed by atoms with Crippen molar-refractivity contribution in [1.82, 2.24) is 14.7 Å². The second kappa shape index (κ2) is 11.2. The molecule has 7 heteroatoms. The van der Waals surface area contributed by atoms with E-state index in [0.29, 0.717) is 5.11 Å². The van der Waals surface area contributed by atoms with Crippen LogP contribution >= 0.6 is 40.4 Å². The molecule has 2 rings (SSSR count). The van der Waals surface area contributed by atoms with E-state index in [9.17, 15) is 0 Å². The van der Waals surface area contributed by atoms with Crippen LogP contribution < -0.4 is 5.32 Å². The Bertz CT molecular complexity index is 586. The van der Waals surface area contributed by atoms with Gasteiger partial charge in [-0.25, -0.2) is 0 Å². The van der Waals surface area contributed by atoms with E-state index in [0.717, 1.165) is 48.1 Å². The van der Waals surface area contributed by atoms with Gasteiger partial charge in [-0.3, -0.25) is 9.80 Å². The molecule has 0 atom stereocenters. The summed E-state index contributed by atoms with van der Waals surface area (Å²) in [5.74, 6) is 0. The standard InChI is InChI=1S/C19H29BrN4S2/c1-3-5-11-22(12-6-4-2)15-23-13-14-24(19(23)26)18(25)21-17-9-7-16(20)8-10-17/h7-10H,3-6,11-15H2,1-2H3,(H,21,25). The van der Waals surface area contributed by atoms with Crippen molar-refractivity contribution in [3.05, 3.63) is 28.7 Å². The third kappa shape index (κ3) is 6.44. The van der Waals surface area contributed by atoms with Gasteiger partial charge < -0.3 is 10.2 Å². The normalized spacial score (nSPS) is 14.4. The number of hydrogen-bond acceptors (Lipinski definition) is 3. The second-order valence-corrected chi connectivity index (χ2v) is 8.27. The lowest BCUT2D eigenvalue weighted by molar-refractivity contribution is 0.191. The van der Waals surface area contributed by atoms with E-state index >= 15 is 0 Å². The fourth-order valence-electron chi connectivity index (χ4n) is 2.88. The van der Waals surface area contributed by atoms with Gasteiger partial charge in [0, 0.05) is 23.2 Å². The van der Waals surface area contributed by atoms with E-state index < -0.39 is 0 Å². The van der Waals surface area contributed by atoms with Gasteiger partial charge in [-0.1, -0.05) is 42.6 Å². The number of thiocarbonyl (C=S) groups is 2. The summed E-state index contributed by atoms with van der Waals surface area (Å²) in [4.78, 5) is 6.83. The summed E-state index contributed by atoms with van der Waals surface area (Å²) in [6.45, 7) is 9.43. The van der Waals surface area contributed by atoms with Crippen molar-refractivity contribution in [2.75, 3.05) is 38.2 Å². The first kappa shape index (κ1) is 21.5. The molecule has 26 heavy (non-hydrogen) atoms. The van der Waals surface area contributed by atoms with Gasteiger partial charge in [-0.15, -0.1) is 0 Å². The molecule has 1 aromatic carbocycles. The third-order valence-electron chi connectivity index (χ3n) is 4.46. The maximum Gasteiger partial charge on any atom is 0.179 e. The van der Waals surface area contributed by atoms with Gasteiger partial charge in [0.05, 0.1) is 6.67 Å². The van der Waals surface area contributed by atoms with Crippen LogP contribution in [0.1, 0.15) is 39.5 Å². The molecular weight excluding hydrogens is 428 g/mol. The van der Waals surface area contributed by atoms with Gasteiger partial charge in [0.1, 0.15) is 0 Å². The zero-order valence-electron chi connectivity index (χ0n) is 15.7. The van der Waals surface area contributed by atoms with Gasteiger partial charge in [0.15, 0.2) is 10.2 Å². The summed E-state index contributed by atoms with van der Waals surface area (Å²) in [5.41, 5.74) is 0.979. The van der Waals surface area contributed by atoms with E-state index in [4.69, 9.17) is 24.4 Å². The number of nitrogens with zero attached hydrogens (tertiary/aromatic N) is 3. The highest BCUT2D eigenvalue weighted by atomic mass is 79.9. The summed E-state index contributed by atoms with van der Waals surface area (Å²) in [6, 6.07) is 8.01. The predicted molar refractivity (Wildman–Crippen MR) is 123 cm³/mol. The molecule has 1 aromatic rings. The molecule has 1 aliphatic rings. The number of benzene rings is 1. The Morgan fingerprint density at radius 2 is 1.73 bits per heavy atom. The van der Waals surface area contributed by atoms with Crippen LogP contribution in [0.4, 0.5) is 5.69 Å². The van der Waals surface area contributed by atoms with Crippen LogP contribution in [0.2, 0.25) is 0 Å². The zero-order chi connectivity index (χ0) is 18.9. The highest BCUT2D eigenvalue weighted by Crippen LogP contribution is 2.17. The van der Waals surface area contributed by atoms with Crippen LogP contribution in [0.25, 0.3) is 0 Å². The van der Waals surface area contributed by atoms with Crippen molar-refractivity contribution in [3.63, 3.8) is 0 Å². The first-order valence-electron chi connectivity index (χ1n) is 9.40. The molecule has 0 amide bonds. The first-order chi connectivity index (χ1) is 12.5. The molecule has 144 valence electrons. The van der Waals surface area contributed by atoms with Crippen LogP contribution in [-0.4, -0.2) is 57.8 Å². The van der Waals surface area contributed by atoms with Gasteiger partial charge in [-0.05, 0) is 74.6 Å². The Morgan fingerprint density at radius 3 is 2.31 bits per heavy atom. The highest BCUT2D eigenvalue weighted by molar-refractivity contribution is 9.10.